The second-order valence-corrected chi connectivity index (χ2v) is 4.96. The van der Waals surface area contributed by atoms with E-state index in [9.17, 15) is 0 Å². The lowest BCUT2D eigenvalue weighted by molar-refractivity contribution is 0.0232. The van der Waals surface area contributed by atoms with Crippen LogP contribution in [0.4, 0.5) is 5.82 Å². The maximum atomic E-state index is 5.55. The second kappa shape index (κ2) is 6.00. The van der Waals surface area contributed by atoms with Gasteiger partial charge in [-0.3, -0.25) is 0 Å². The van der Waals surface area contributed by atoms with E-state index in [0.717, 1.165) is 25.3 Å². The first-order valence-corrected chi connectivity index (χ1v) is 6.50. The van der Waals surface area contributed by atoms with Gasteiger partial charge in [-0.1, -0.05) is 0 Å². The Morgan fingerprint density at radius 3 is 3.00 bits per heavy atom. The molecular weight excluding hydrogens is 230 g/mol. The number of aromatic nitrogens is 2. The fraction of sp³-hybridized carbons (Fsp3) is 0.692. The Morgan fingerprint density at radius 1 is 1.44 bits per heavy atom. The molecule has 1 aliphatic rings. The highest BCUT2D eigenvalue weighted by molar-refractivity contribution is 5.38. The molecule has 0 saturated carbocycles. The maximum Gasteiger partial charge on any atom is 0.218 e. The number of hydrogen-bond acceptors (Lipinski definition) is 5. The molecular formula is C13H21N3O2. The summed E-state index contributed by atoms with van der Waals surface area (Å²) in [6, 6.07) is 2.26. The van der Waals surface area contributed by atoms with Gasteiger partial charge in [-0.15, -0.1) is 0 Å². The topological polar surface area (TPSA) is 56.3 Å². The van der Waals surface area contributed by atoms with Gasteiger partial charge in [0.2, 0.25) is 5.88 Å². The lowest BCUT2D eigenvalue weighted by atomic mass is 10.0. The SMILES string of the molecule is CC(C)Oc1cc(NC2CCOC(C)C2)ncn1. The Kier molecular flexibility index (Phi) is 4.36. The van der Waals surface area contributed by atoms with Crippen LogP contribution >= 0.6 is 0 Å². The molecule has 5 nitrogen and oxygen atoms in total. The lowest BCUT2D eigenvalue weighted by Crippen LogP contribution is -2.32. The van der Waals surface area contributed by atoms with Crippen LogP contribution in [-0.2, 0) is 4.74 Å². The third-order valence-corrected chi connectivity index (χ3v) is 2.84. The van der Waals surface area contributed by atoms with Gasteiger partial charge in [0, 0.05) is 18.7 Å². The smallest absolute Gasteiger partial charge is 0.218 e. The molecule has 0 amide bonds. The molecule has 0 radical (unpaired) electrons. The molecule has 1 aliphatic heterocycles. The monoisotopic (exact) mass is 251 g/mol. The molecule has 2 rings (SSSR count). The maximum absolute atomic E-state index is 5.55. The summed E-state index contributed by atoms with van der Waals surface area (Å²) in [5.74, 6) is 1.43. The molecule has 0 aromatic carbocycles. The fourth-order valence-electron chi connectivity index (χ4n) is 2.06. The van der Waals surface area contributed by atoms with Crippen molar-refractivity contribution in [2.45, 2.75) is 51.9 Å². The first kappa shape index (κ1) is 13.1. The van der Waals surface area contributed by atoms with E-state index in [-0.39, 0.29) is 6.10 Å². The molecule has 1 aromatic heterocycles. The summed E-state index contributed by atoms with van der Waals surface area (Å²) in [5.41, 5.74) is 0. The number of rotatable bonds is 4. The van der Waals surface area contributed by atoms with Crippen molar-refractivity contribution in [2.75, 3.05) is 11.9 Å². The molecule has 2 unspecified atom stereocenters. The Morgan fingerprint density at radius 2 is 2.28 bits per heavy atom. The van der Waals surface area contributed by atoms with Crippen molar-refractivity contribution in [1.82, 2.24) is 9.97 Å². The first-order chi connectivity index (χ1) is 8.63. The lowest BCUT2D eigenvalue weighted by Gasteiger charge is -2.28. The highest BCUT2D eigenvalue weighted by Gasteiger charge is 2.19. The van der Waals surface area contributed by atoms with Crippen LogP contribution in [0, 0.1) is 0 Å². The first-order valence-electron chi connectivity index (χ1n) is 6.50. The van der Waals surface area contributed by atoms with Gasteiger partial charge in [0.15, 0.2) is 0 Å². The van der Waals surface area contributed by atoms with Gasteiger partial charge < -0.3 is 14.8 Å². The Hall–Kier alpha value is -1.36. The van der Waals surface area contributed by atoms with Crippen LogP contribution in [0.1, 0.15) is 33.6 Å². The van der Waals surface area contributed by atoms with Gasteiger partial charge >= 0.3 is 0 Å². The Labute approximate surface area is 108 Å². The summed E-state index contributed by atoms with van der Waals surface area (Å²) < 4.78 is 11.1. The molecule has 0 aliphatic carbocycles. The normalized spacial score (nSPS) is 24.0. The molecule has 100 valence electrons. The van der Waals surface area contributed by atoms with Crippen LogP contribution in [0.2, 0.25) is 0 Å². The van der Waals surface area contributed by atoms with Crippen LogP contribution in [0.25, 0.3) is 0 Å². The summed E-state index contributed by atoms with van der Waals surface area (Å²) in [5, 5.41) is 3.41. The van der Waals surface area contributed by atoms with E-state index in [1.54, 1.807) is 0 Å². The molecule has 1 aromatic rings. The summed E-state index contributed by atoms with van der Waals surface area (Å²) >= 11 is 0. The van der Waals surface area contributed by atoms with E-state index < -0.39 is 0 Å². The van der Waals surface area contributed by atoms with Crippen molar-refractivity contribution in [3.63, 3.8) is 0 Å². The van der Waals surface area contributed by atoms with Crippen LogP contribution in [0.5, 0.6) is 5.88 Å². The van der Waals surface area contributed by atoms with Gasteiger partial charge in [0.05, 0.1) is 12.2 Å². The molecule has 1 saturated heterocycles. The van der Waals surface area contributed by atoms with Crippen molar-refractivity contribution in [3.05, 3.63) is 12.4 Å². The highest BCUT2D eigenvalue weighted by atomic mass is 16.5. The van der Waals surface area contributed by atoms with Crippen molar-refractivity contribution < 1.29 is 9.47 Å². The third kappa shape index (κ3) is 3.84. The standard InChI is InChI=1S/C13H21N3O2/c1-9(2)18-13-7-12(14-8-15-13)16-11-4-5-17-10(3)6-11/h7-11H,4-6H2,1-3H3,(H,14,15,16). The van der Waals surface area contributed by atoms with Crippen molar-refractivity contribution in [2.24, 2.45) is 0 Å². The van der Waals surface area contributed by atoms with Gasteiger partial charge in [-0.05, 0) is 33.6 Å². The molecule has 1 N–H and O–H groups in total. The number of ether oxygens (including phenoxy) is 2. The van der Waals surface area contributed by atoms with Gasteiger partial charge in [-0.25, -0.2) is 9.97 Å². The van der Waals surface area contributed by atoms with Gasteiger partial charge in [-0.2, -0.15) is 0 Å². The average Bonchev–Trinajstić information content (AvgIpc) is 2.28. The molecule has 5 heteroatoms. The minimum atomic E-state index is 0.121. The van der Waals surface area contributed by atoms with Gasteiger partial charge in [0.25, 0.3) is 0 Å². The summed E-state index contributed by atoms with van der Waals surface area (Å²) in [4.78, 5) is 8.31. The molecule has 0 bridgehead atoms. The van der Waals surface area contributed by atoms with E-state index in [0.29, 0.717) is 18.0 Å². The fourth-order valence-corrected chi connectivity index (χ4v) is 2.06. The number of anilines is 1. The zero-order valence-electron chi connectivity index (χ0n) is 11.2. The molecule has 0 spiro atoms. The minimum Gasteiger partial charge on any atom is -0.475 e. The van der Waals surface area contributed by atoms with Crippen LogP contribution in [0.3, 0.4) is 0 Å². The van der Waals surface area contributed by atoms with Gasteiger partial charge in [0.1, 0.15) is 12.1 Å². The third-order valence-electron chi connectivity index (χ3n) is 2.84. The molecule has 2 atom stereocenters. The highest BCUT2D eigenvalue weighted by Crippen LogP contribution is 2.19. The largest absolute Gasteiger partial charge is 0.475 e. The van der Waals surface area contributed by atoms with Crippen molar-refractivity contribution in [3.8, 4) is 5.88 Å². The van der Waals surface area contributed by atoms with Crippen LogP contribution in [-0.4, -0.2) is 34.8 Å². The van der Waals surface area contributed by atoms with Crippen LogP contribution < -0.4 is 10.1 Å². The quantitative estimate of drug-likeness (QED) is 0.889. The summed E-state index contributed by atoms with van der Waals surface area (Å²) in [6.45, 7) is 6.87. The second-order valence-electron chi connectivity index (χ2n) is 4.96. The molecule has 18 heavy (non-hydrogen) atoms. The average molecular weight is 251 g/mol. The van der Waals surface area contributed by atoms with Crippen molar-refractivity contribution in [1.29, 1.82) is 0 Å². The summed E-state index contributed by atoms with van der Waals surface area (Å²) in [7, 11) is 0. The van der Waals surface area contributed by atoms with Crippen molar-refractivity contribution >= 4 is 5.82 Å². The molecule has 1 fully saturated rings. The van der Waals surface area contributed by atoms with E-state index in [4.69, 9.17) is 9.47 Å². The predicted molar refractivity (Wildman–Crippen MR) is 69.9 cm³/mol. The zero-order chi connectivity index (χ0) is 13.0. The van der Waals surface area contributed by atoms with E-state index in [2.05, 4.69) is 22.2 Å². The number of nitrogens with zero attached hydrogens (tertiary/aromatic N) is 2. The Balaban J connectivity index is 1.96. The number of hydrogen-bond donors (Lipinski definition) is 1. The zero-order valence-corrected chi connectivity index (χ0v) is 11.2. The van der Waals surface area contributed by atoms with E-state index in [1.165, 1.54) is 6.33 Å². The minimum absolute atomic E-state index is 0.121. The summed E-state index contributed by atoms with van der Waals surface area (Å²) in [6.07, 6.45) is 3.97. The van der Waals surface area contributed by atoms with Crippen LogP contribution in [0.15, 0.2) is 12.4 Å². The Bertz CT molecular complexity index is 384. The molecule has 2 heterocycles. The predicted octanol–water partition coefficient (Wildman–Crippen LogP) is 2.24. The van der Waals surface area contributed by atoms with E-state index in [1.807, 2.05) is 19.9 Å². The van der Waals surface area contributed by atoms with E-state index >= 15 is 0 Å². The number of nitrogens with one attached hydrogen (secondary N) is 1.